The van der Waals surface area contributed by atoms with Crippen LogP contribution in [0.4, 0.5) is 10.5 Å². The van der Waals surface area contributed by atoms with Gasteiger partial charge >= 0.3 is 6.03 Å². The smallest absolute Gasteiger partial charge is 0.321 e. The molecule has 0 aromatic heterocycles. The van der Waals surface area contributed by atoms with Crippen LogP contribution in [0.25, 0.3) is 0 Å². The molecule has 1 saturated carbocycles. The van der Waals surface area contributed by atoms with Crippen LogP contribution < -0.4 is 21.3 Å². The molecule has 0 radical (unpaired) electrons. The molecule has 0 bridgehead atoms. The molecule has 1 atom stereocenters. The lowest BCUT2D eigenvalue weighted by Gasteiger charge is -2.17. The van der Waals surface area contributed by atoms with Crippen LogP contribution in [-0.4, -0.2) is 37.6 Å². The molecular formula is C15H19ClN4O2. The first kappa shape index (κ1) is 15.1. The van der Waals surface area contributed by atoms with Crippen LogP contribution in [-0.2, 0) is 0 Å². The minimum atomic E-state index is -0.262. The average molecular weight is 323 g/mol. The van der Waals surface area contributed by atoms with Crippen molar-refractivity contribution < 1.29 is 9.59 Å². The van der Waals surface area contributed by atoms with Crippen molar-refractivity contribution in [2.24, 2.45) is 11.7 Å². The van der Waals surface area contributed by atoms with E-state index < -0.39 is 0 Å². The van der Waals surface area contributed by atoms with Gasteiger partial charge in [-0.25, -0.2) is 4.79 Å². The molecule has 1 heterocycles. The summed E-state index contributed by atoms with van der Waals surface area (Å²) in [5.41, 5.74) is 7.01. The van der Waals surface area contributed by atoms with E-state index in [1.165, 1.54) is 0 Å². The Bertz CT molecular complexity index is 603. The number of nitrogens with one attached hydrogen (secondary N) is 2. The third kappa shape index (κ3) is 3.18. The minimum Gasteiger partial charge on any atom is -0.350 e. The zero-order chi connectivity index (χ0) is 15.7. The van der Waals surface area contributed by atoms with Crippen molar-refractivity contribution in [2.75, 3.05) is 24.5 Å². The lowest BCUT2D eigenvalue weighted by Crippen LogP contribution is -2.38. The van der Waals surface area contributed by atoms with Gasteiger partial charge in [0, 0.05) is 31.4 Å². The van der Waals surface area contributed by atoms with Gasteiger partial charge in [0.2, 0.25) is 0 Å². The fraction of sp³-hybridized carbons (Fsp3) is 0.467. The lowest BCUT2D eigenvalue weighted by molar-refractivity contribution is 0.0950. The van der Waals surface area contributed by atoms with Crippen LogP contribution in [0.3, 0.4) is 0 Å². The van der Waals surface area contributed by atoms with Crippen molar-refractivity contribution in [3.8, 4) is 0 Å². The van der Waals surface area contributed by atoms with Gasteiger partial charge in [-0.15, -0.1) is 0 Å². The maximum absolute atomic E-state index is 12.3. The Morgan fingerprint density at radius 3 is 2.91 bits per heavy atom. The monoisotopic (exact) mass is 322 g/mol. The number of rotatable bonds is 5. The second-order valence-electron chi connectivity index (χ2n) is 5.76. The van der Waals surface area contributed by atoms with Crippen molar-refractivity contribution in [2.45, 2.75) is 18.9 Å². The van der Waals surface area contributed by atoms with Gasteiger partial charge in [-0.1, -0.05) is 11.6 Å². The molecule has 4 N–H and O–H groups in total. The summed E-state index contributed by atoms with van der Waals surface area (Å²) in [6.07, 6.45) is 2.27. The van der Waals surface area contributed by atoms with Gasteiger partial charge < -0.3 is 16.4 Å². The van der Waals surface area contributed by atoms with Crippen LogP contribution >= 0.6 is 11.6 Å². The number of hydrogen-bond donors (Lipinski definition) is 3. The number of halogens is 1. The van der Waals surface area contributed by atoms with Crippen LogP contribution in [0.5, 0.6) is 0 Å². The molecule has 2 aliphatic rings. The largest absolute Gasteiger partial charge is 0.350 e. The Balaban J connectivity index is 1.71. The highest BCUT2D eigenvalue weighted by Gasteiger charge is 2.29. The van der Waals surface area contributed by atoms with Crippen LogP contribution in [0.1, 0.15) is 23.2 Å². The van der Waals surface area contributed by atoms with E-state index in [0.717, 1.165) is 12.8 Å². The summed E-state index contributed by atoms with van der Waals surface area (Å²) in [5, 5.41) is 5.91. The molecule has 118 valence electrons. The first-order chi connectivity index (χ1) is 10.6. The molecule has 2 fully saturated rings. The standard InChI is InChI=1S/C15H19ClN4O2/c16-12-4-3-10(20-6-5-18-15(20)22)7-11(12)14(21)19-8-13(17)9-1-2-9/h3-4,7,9,13H,1-2,5-6,8,17H2,(H,18,22)(H,19,21). The maximum Gasteiger partial charge on any atom is 0.321 e. The second kappa shape index (κ2) is 6.14. The van der Waals surface area contributed by atoms with E-state index in [0.29, 0.717) is 41.8 Å². The quantitative estimate of drug-likeness (QED) is 0.764. The first-order valence-electron chi connectivity index (χ1n) is 7.45. The third-order valence-corrected chi connectivity index (χ3v) is 4.42. The molecule has 6 nitrogen and oxygen atoms in total. The molecule has 1 aliphatic heterocycles. The molecule has 0 spiro atoms. The predicted molar refractivity (Wildman–Crippen MR) is 85.2 cm³/mol. The summed E-state index contributed by atoms with van der Waals surface area (Å²) >= 11 is 6.11. The number of benzene rings is 1. The number of hydrogen-bond acceptors (Lipinski definition) is 3. The highest BCUT2D eigenvalue weighted by atomic mass is 35.5. The Labute approximate surface area is 134 Å². The van der Waals surface area contributed by atoms with Gasteiger partial charge in [0.25, 0.3) is 5.91 Å². The van der Waals surface area contributed by atoms with E-state index >= 15 is 0 Å². The highest BCUT2D eigenvalue weighted by Crippen LogP contribution is 2.31. The van der Waals surface area contributed by atoms with Crippen LogP contribution in [0, 0.1) is 5.92 Å². The molecule has 7 heteroatoms. The molecule has 1 saturated heterocycles. The van der Waals surface area contributed by atoms with E-state index in [-0.39, 0.29) is 18.0 Å². The summed E-state index contributed by atoms with van der Waals surface area (Å²) in [6, 6.07) is 4.85. The summed E-state index contributed by atoms with van der Waals surface area (Å²) < 4.78 is 0. The minimum absolute atomic E-state index is 0.00438. The Morgan fingerprint density at radius 1 is 1.50 bits per heavy atom. The Kier molecular flexibility index (Phi) is 4.22. The second-order valence-corrected chi connectivity index (χ2v) is 6.17. The number of amides is 3. The molecular weight excluding hydrogens is 304 g/mol. The fourth-order valence-corrected chi connectivity index (χ4v) is 2.77. The summed E-state index contributed by atoms with van der Waals surface area (Å²) in [7, 11) is 0. The van der Waals surface area contributed by atoms with Crippen molar-refractivity contribution in [3.63, 3.8) is 0 Å². The molecule has 1 aromatic rings. The van der Waals surface area contributed by atoms with E-state index in [4.69, 9.17) is 17.3 Å². The number of carbonyl (C=O) groups is 2. The molecule has 22 heavy (non-hydrogen) atoms. The summed E-state index contributed by atoms with van der Waals surface area (Å²) in [4.78, 5) is 25.6. The van der Waals surface area contributed by atoms with Crippen LogP contribution in [0.15, 0.2) is 18.2 Å². The van der Waals surface area contributed by atoms with E-state index in [1.807, 2.05) is 0 Å². The van der Waals surface area contributed by atoms with Crippen LogP contribution in [0.2, 0.25) is 5.02 Å². The van der Waals surface area contributed by atoms with E-state index in [9.17, 15) is 9.59 Å². The third-order valence-electron chi connectivity index (χ3n) is 4.09. The molecule has 1 aromatic carbocycles. The average Bonchev–Trinajstić information content (AvgIpc) is 3.27. The van der Waals surface area contributed by atoms with Crippen molar-refractivity contribution >= 4 is 29.2 Å². The molecule has 3 rings (SSSR count). The lowest BCUT2D eigenvalue weighted by atomic mass is 10.1. The Hall–Kier alpha value is -1.79. The fourth-order valence-electron chi connectivity index (χ4n) is 2.57. The number of nitrogens with two attached hydrogens (primary N) is 1. The van der Waals surface area contributed by atoms with Crippen molar-refractivity contribution in [1.82, 2.24) is 10.6 Å². The summed E-state index contributed by atoms with van der Waals surface area (Å²) in [6.45, 7) is 1.61. The zero-order valence-corrected chi connectivity index (χ0v) is 12.9. The summed E-state index contributed by atoms with van der Waals surface area (Å²) in [5.74, 6) is 0.262. The van der Waals surface area contributed by atoms with Gasteiger partial charge in [-0.3, -0.25) is 9.69 Å². The van der Waals surface area contributed by atoms with E-state index in [2.05, 4.69) is 10.6 Å². The van der Waals surface area contributed by atoms with Crippen molar-refractivity contribution in [3.05, 3.63) is 28.8 Å². The topological polar surface area (TPSA) is 87.5 Å². The van der Waals surface area contributed by atoms with Gasteiger partial charge in [-0.2, -0.15) is 0 Å². The number of carbonyl (C=O) groups excluding carboxylic acids is 2. The zero-order valence-electron chi connectivity index (χ0n) is 12.1. The Morgan fingerprint density at radius 2 is 2.27 bits per heavy atom. The normalized spacial score (nSPS) is 19.0. The highest BCUT2D eigenvalue weighted by molar-refractivity contribution is 6.34. The van der Waals surface area contributed by atoms with Gasteiger partial charge in [0.1, 0.15) is 0 Å². The van der Waals surface area contributed by atoms with Crippen molar-refractivity contribution in [1.29, 1.82) is 0 Å². The molecule has 1 aliphatic carbocycles. The van der Waals surface area contributed by atoms with Gasteiger partial charge in [-0.05, 0) is 37.0 Å². The molecule has 3 amide bonds. The van der Waals surface area contributed by atoms with Gasteiger partial charge in [0.05, 0.1) is 10.6 Å². The maximum atomic E-state index is 12.3. The predicted octanol–water partition coefficient (Wildman–Crippen LogP) is 1.34. The van der Waals surface area contributed by atoms with E-state index in [1.54, 1.807) is 23.1 Å². The SMILES string of the molecule is NC(CNC(=O)c1cc(N2CCNC2=O)ccc1Cl)C1CC1. The van der Waals surface area contributed by atoms with Gasteiger partial charge in [0.15, 0.2) is 0 Å². The number of nitrogens with zero attached hydrogens (tertiary/aromatic N) is 1. The first-order valence-corrected chi connectivity index (χ1v) is 7.83. The number of urea groups is 1. The molecule has 1 unspecified atom stereocenters. The number of anilines is 1.